The van der Waals surface area contributed by atoms with E-state index in [0.717, 1.165) is 34.5 Å². The molecule has 0 unspecified atom stereocenters. The fourth-order valence-electron chi connectivity index (χ4n) is 2.70. The standard InChI is InChI=1S/C20H30N4O6S2/c1-20(2,3)30-19(25)24-32(26,27)23-9-7-6-8-10-31-18-14-11-16(28-4)17(29-5)12-15(14)21-13-22-18/h11-13,23H,6-10H2,1-5H3,(H,24,25). The third kappa shape index (κ3) is 8.32. The molecule has 0 atom stereocenters. The largest absolute Gasteiger partial charge is 0.493 e. The molecule has 2 N–H and O–H groups in total. The third-order valence-corrected chi connectivity index (χ3v) is 6.18. The van der Waals surface area contributed by atoms with Gasteiger partial charge >= 0.3 is 16.3 Å². The molecule has 0 aliphatic carbocycles. The molecular weight excluding hydrogens is 456 g/mol. The van der Waals surface area contributed by atoms with Crippen molar-refractivity contribution in [2.75, 3.05) is 26.5 Å². The number of hydrogen-bond acceptors (Lipinski definition) is 9. The Kier molecular flexibility index (Phi) is 9.34. The molecule has 0 saturated carbocycles. The van der Waals surface area contributed by atoms with Crippen LogP contribution in [-0.4, -0.2) is 56.6 Å². The molecule has 1 aromatic heterocycles. The van der Waals surface area contributed by atoms with E-state index in [1.165, 1.54) is 6.33 Å². The molecule has 0 radical (unpaired) electrons. The van der Waals surface area contributed by atoms with Crippen molar-refractivity contribution >= 4 is 39.0 Å². The minimum Gasteiger partial charge on any atom is -0.493 e. The van der Waals surface area contributed by atoms with E-state index in [1.54, 1.807) is 46.8 Å². The van der Waals surface area contributed by atoms with Crippen molar-refractivity contribution in [2.45, 2.75) is 50.7 Å². The highest BCUT2D eigenvalue weighted by molar-refractivity contribution is 7.99. The molecule has 12 heteroatoms. The van der Waals surface area contributed by atoms with Gasteiger partial charge in [0.05, 0.1) is 19.7 Å². The molecule has 0 fully saturated rings. The molecule has 10 nitrogen and oxygen atoms in total. The van der Waals surface area contributed by atoms with Crippen molar-refractivity contribution in [1.82, 2.24) is 19.4 Å². The Labute approximate surface area is 193 Å². The minimum atomic E-state index is -3.94. The van der Waals surface area contributed by atoms with Gasteiger partial charge in [0.25, 0.3) is 0 Å². The first-order valence-corrected chi connectivity index (χ1v) is 12.5. The lowest BCUT2D eigenvalue weighted by Gasteiger charge is -2.19. The van der Waals surface area contributed by atoms with Crippen LogP contribution in [0.1, 0.15) is 40.0 Å². The predicted octanol–water partition coefficient (Wildman–Crippen LogP) is 3.27. The number of hydrogen-bond donors (Lipinski definition) is 2. The van der Waals surface area contributed by atoms with Crippen LogP contribution in [0.15, 0.2) is 23.5 Å². The maximum atomic E-state index is 11.9. The highest BCUT2D eigenvalue weighted by atomic mass is 32.2. The number of nitrogens with zero attached hydrogens (tertiary/aromatic N) is 2. The number of rotatable bonds is 11. The summed E-state index contributed by atoms with van der Waals surface area (Å²) in [6, 6.07) is 3.68. The first kappa shape index (κ1) is 25.9. The Bertz CT molecular complexity index is 1020. The number of thioether (sulfide) groups is 1. The van der Waals surface area contributed by atoms with E-state index in [4.69, 9.17) is 14.2 Å². The molecule has 2 aromatic rings. The smallest absolute Gasteiger partial charge is 0.422 e. The van der Waals surface area contributed by atoms with Gasteiger partial charge in [0.2, 0.25) is 0 Å². The number of nitrogens with one attached hydrogen (secondary N) is 2. The van der Waals surface area contributed by atoms with E-state index in [1.807, 2.05) is 16.9 Å². The summed E-state index contributed by atoms with van der Waals surface area (Å²) in [5, 5.41) is 1.73. The van der Waals surface area contributed by atoms with Crippen LogP contribution >= 0.6 is 11.8 Å². The zero-order chi connectivity index (χ0) is 23.8. The molecule has 0 aliphatic heterocycles. The number of amides is 1. The summed E-state index contributed by atoms with van der Waals surface area (Å²) in [5.74, 6) is 2.03. The van der Waals surface area contributed by atoms with E-state index < -0.39 is 21.9 Å². The van der Waals surface area contributed by atoms with Crippen molar-refractivity contribution in [2.24, 2.45) is 0 Å². The monoisotopic (exact) mass is 486 g/mol. The summed E-state index contributed by atoms with van der Waals surface area (Å²) in [6.45, 7) is 5.18. The predicted molar refractivity (Wildman–Crippen MR) is 124 cm³/mol. The number of methoxy groups -OCH3 is 2. The van der Waals surface area contributed by atoms with E-state index in [9.17, 15) is 13.2 Å². The van der Waals surface area contributed by atoms with Crippen LogP contribution in [0.2, 0.25) is 0 Å². The molecule has 1 heterocycles. The highest BCUT2D eigenvalue weighted by Crippen LogP contribution is 2.35. The second-order valence-corrected chi connectivity index (χ2v) is 10.4. The quantitative estimate of drug-likeness (QED) is 0.279. The van der Waals surface area contributed by atoms with Gasteiger partial charge in [-0.05, 0) is 45.4 Å². The normalized spacial score (nSPS) is 11.9. The summed E-state index contributed by atoms with van der Waals surface area (Å²) in [5.41, 5.74) is -0.00393. The van der Waals surface area contributed by atoms with Gasteiger partial charge in [-0.25, -0.2) is 19.5 Å². The Balaban J connectivity index is 1.76. The second-order valence-electron chi connectivity index (χ2n) is 7.81. The van der Waals surface area contributed by atoms with Crippen LogP contribution in [0, 0.1) is 0 Å². The maximum Gasteiger partial charge on any atom is 0.422 e. The Morgan fingerprint density at radius 2 is 1.75 bits per heavy atom. The summed E-state index contributed by atoms with van der Waals surface area (Å²) in [4.78, 5) is 20.2. The fraction of sp³-hybridized carbons (Fsp3) is 0.550. The van der Waals surface area contributed by atoms with Crippen LogP contribution < -0.4 is 18.9 Å². The van der Waals surface area contributed by atoms with Crippen molar-refractivity contribution in [3.8, 4) is 11.5 Å². The summed E-state index contributed by atoms with van der Waals surface area (Å²) >= 11 is 1.60. The molecule has 1 aromatic carbocycles. The van der Waals surface area contributed by atoms with Gasteiger partial charge in [0, 0.05) is 18.0 Å². The number of fused-ring (bicyclic) bond motifs is 1. The van der Waals surface area contributed by atoms with Crippen molar-refractivity contribution in [3.63, 3.8) is 0 Å². The highest BCUT2D eigenvalue weighted by Gasteiger charge is 2.20. The number of benzene rings is 1. The lowest BCUT2D eigenvalue weighted by atomic mass is 10.2. The number of aromatic nitrogens is 2. The van der Waals surface area contributed by atoms with Gasteiger partial charge in [-0.15, -0.1) is 11.8 Å². The first-order valence-electron chi connectivity index (χ1n) is 10.0. The molecular formula is C20H30N4O6S2. The number of carbonyl (C=O) groups excluding carboxylic acids is 1. The maximum absolute atomic E-state index is 11.9. The SMILES string of the molecule is COc1cc2ncnc(SCCCCCNS(=O)(=O)NC(=O)OC(C)(C)C)c2cc1OC. The van der Waals surface area contributed by atoms with Gasteiger partial charge in [0.1, 0.15) is 17.0 Å². The lowest BCUT2D eigenvalue weighted by Crippen LogP contribution is -2.43. The average molecular weight is 487 g/mol. The van der Waals surface area contributed by atoms with Gasteiger partial charge < -0.3 is 14.2 Å². The number of ether oxygens (including phenoxy) is 3. The van der Waals surface area contributed by atoms with Crippen LogP contribution in [0.25, 0.3) is 10.9 Å². The van der Waals surface area contributed by atoms with Gasteiger partial charge in [0.15, 0.2) is 11.5 Å². The molecule has 0 saturated heterocycles. The van der Waals surface area contributed by atoms with E-state index in [-0.39, 0.29) is 6.54 Å². The van der Waals surface area contributed by atoms with E-state index in [0.29, 0.717) is 17.9 Å². The van der Waals surface area contributed by atoms with Gasteiger partial charge in [-0.2, -0.15) is 13.1 Å². The van der Waals surface area contributed by atoms with Gasteiger partial charge in [-0.1, -0.05) is 6.42 Å². The zero-order valence-corrected chi connectivity index (χ0v) is 20.6. The Hall–Kier alpha value is -2.31. The summed E-state index contributed by atoms with van der Waals surface area (Å²) < 4.78 is 43.5. The van der Waals surface area contributed by atoms with Crippen LogP contribution in [0.5, 0.6) is 11.5 Å². The third-order valence-electron chi connectivity index (χ3n) is 4.07. The molecule has 1 amide bonds. The average Bonchev–Trinajstić information content (AvgIpc) is 2.70. The summed E-state index contributed by atoms with van der Waals surface area (Å²) in [6.07, 6.45) is 2.81. The number of unbranched alkanes of at least 4 members (excludes halogenated alkanes) is 2. The summed E-state index contributed by atoms with van der Waals surface area (Å²) in [7, 11) is -0.786. The van der Waals surface area contributed by atoms with Crippen molar-refractivity contribution < 1.29 is 27.4 Å². The fourth-order valence-corrected chi connectivity index (χ4v) is 4.43. The van der Waals surface area contributed by atoms with E-state index >= 15 is 0 Å². The molecule has 0 aliphatic rings. The molecule has 2 rings (SSSR count). The van der Waals surface area contributed by atoms with Crippen LogP contribution in [0.4, 0.5) is 4.79 Å². The molecule has 0 bridgehead atoms. The Morgan fingerprint density at radius 3 is 2.41 bits per heavy atom. The van der Waals surface area contributed by atoms with Crippen molar-refractivity contribution in [1.29, 1.82) is 0 Å². The first-order chi connectivity index (χ1) is 15.0. The zero-order valence-electron chi connectivity index (χ0n) is 18.9. The van der Waals surface area contributed by atoms with Crippen molar-refractivity contribution in [3.05, 3.63) is 18.5 Å². The number of carbonyl (C=O) groups is 1. The molecule has 178 valence electrons. The van der Waals surface area contributed by atoms with E-state index in [2.05, 4.69) is 14.7 Å². The topological polar surface area (TPSA) is 129 Å². The van der Waals surface area contributed by atoms with Crippen LogP contribution in [-0.2, 0) is 14.9 Å². The lowest BCUT2D eigenvalue weighted by molar-refractivity contribution is 0.0569. The Morgan fingerprint density at radius 1 is 1.06 bits per heavy atom. The van der Waals surface area contributed by atoms with Gasteiger partial charge in [-0.3, -0.25) is 0 Å². The minimum absolute atomic E-state index is 0.218. The second kappa shape index (κ2) is 11.5. The molecule has 0 spiro atoms. The molecule has 32 heavy (non-hydrogen) atoms. The van der Waals surface area contributed by atoms with Crippen LogP contribution in [0.3, 0.4) is 0 Å².